The van der Waals surface area contributed by atoms with Crippen LogP contribution >= 0.6 is 0 Å². The van der Waals surface area contributed by atoms with Crippen molar-refractivity contribution < 1.29 is 23.1 Å². The van der Waals surface area contributed by atoms with E-state index in [9.17, 15) is 23.1 Å². The van der Waals surface area contributed by atoms with E-state index >= 15 is 0 Å². The first-order chi connectivity index (χ1) is 16.4. The first-order valence-corrected chi connectivity index (χ1v) is 12.7. The maximum atomic E-state index is 13.1. The Morgan fingerprint density at radius 2 is 1.60 bits per heavy atom. The Hall–Kier alpha value is -2.34. The third kappa shape index (κ3) is 7.57. The number of hydrogen-bond acceptors (Lipinski definition) is 2. The summed E-state index contributed by atoms with van der Waals surface area (Å²) < 4.78 is 39.2. The molecule has 0 radical (unpaired) electrons. The number of aliphatic carboxylic acids is 1. The number of halogens is 3. The molecule has 0 saturated carbocycles. The third-order valence-corrected chi connectivity index (χ3v) is 7.01. The number of carboxylic acids is 1. The number of nitrogens with zero attached hydrogens (tertiary/aromatic N) is 1. The second-order valence-electron chi connectivity index (χ2n) is 10.8. The Morgan fingerprint density at radius 1 is 0.971 bits per heavy atom. The highest BCUT2D eigenvalue weighted by Gasteiger charge is 2.30. The van der Waals surface area contributed by atoms with Gasteiger partial charge in [-0.05, 0) is 97.5 Å². The van der Waals surface area contributed by atoms with Gasteiger partial charge < -0.3 is 10.0 Å². The third-order valence-electron chi connectivity index (χ3n) is 7.01. The van der Waals surface area contributed by atoms with Gasteiger partial charge in [-0.25, -0.2) is 0 Å². The van der Waals surface area contributed by atoms with Crippen LogP contribution in [-0.2, 0) is 11.0 Å². The van der Waals surface area contributed by atoms with E-state index in [-0.39, 0.29) is 5.92 Å². The topological polar surface area (TPSA) is 40.5 Å². The van der Waals surface area contributed by atoms with Crippen molar-refractivity contribution >= 4 is 5.97 Å². The molecule has 2 aromatic carbocycles. The second kappa shape index (κ2) is 11.6. The number of carboxylic acid groups (broad SMARTS) is 1. The number of benzene rings is 2. The van der Waals surface area contributed by atoms with E-state index in [0.717, 1.165) is 61.3 Å². The summed E-state index contributed by atoms with van der Waals surface area (Å²) in [6.45, 7) is 11.6. The molecule has 3 nitrogen and oxygen atoms in total. The molecule has 1 aliphatic heterocycles. The predicted octanol–water partition coefficient (Wildman–Crippen LogP) is 7.81. The van der Waals surface area contributed by atoms with E-state index in [1.54, 1.807) is 0 Å². The molecule has 1 unspecified atom stereocenters. The zero-order valence-corrected chi connectivity index (χ0v) is 21.2. The van der Waals surface area contributed by atoms with Crippen LogP contribution in [0.2, 0.25) is 0 Å². The lowest BCUT2D eigenvalue weighted by atomic mass is 9.82. The summed E-state index contributed by atoms with van der Waals surface area (Å²) in [5, 5.41) is 9.97. The van der Waals surface area contributed by atoms with Gasteiger partial charge in [0.2, 0.25) is 0 Å². The lowest BCUT2D eigenvalue weighted by Gasteiger charge is -2.33. The van der Waals surface area contributed by atoms with Gasteiger partial charge in [0.05, 0.1) is 11.5 Å². The molecular formula is C29H38F3NO2. The van der Waals surface area contributed by atoms with Gasteiger partial charge >= 0.3 is 12.1 Å². The number of likely N-dealkylation sites (tertiary alicyclic amines) is 1. The minimum atomic E-state index is -4.39. The molecule has 35 heavy (non-hydrogen) atoms. The van der Waals surface area contributed by atoms with Crippen molar-refractivity contribution in [2.45, 2.75) is 71.4 Å². The van der Waals surface area contributed by atoms with Gasteiger partial charge in [-0.1, -0.05) is 58.0 Å². The van der Waals surface area contributed by atoms with Crippen molar-refractivity contribution in [1.82, 2.24) is 4.90 Å². The summed E-state index contributed by atoms with van der Waals surface area (Å²) in [6.07, 6.45) is -0.709. The van der Waals surface area contributed by atoms with Gasteiger partial charge in [0.25, 0.3) is 0 Å². The second-order valence-corrected chi connectivity index (χ2v) is 10.8. The molecule has 1 heterocycles. The van der Waals surface area contributed by atoms with Crippen molar-refractivity contribution in [3.05, 3.63) is 59.2 Å². The molecule has 0 bridgehead atoms. The lowest BCUT2D eigenvalue weighted by molar-refractivity contribution is -0.139. The fourth-order valence-corrected chi connectivity index (χ4v) is 4.91. The standard InChI is InChI=1S/C29H38F3NO2/c1-19(2)9-12-33-13-10-22(11-14-33)24-16-23(21-5-7-26(8-6-21)29(30,31)32)17-25(18-24)27(28(34)35)15-20(3)4/h5-8,16-20,22,27H,9-15H2,1-4H3,(H,34,35). The molecule has 1 N–H and O–H groups in total. The molecule has 0 aromatic heterocycles. The number of hydrogen-bond donors (Lipinski definition) is 1. The molecule has 3 rings (SSSR count). The number of carbonyl (C=O) groups is 1. The maximum absolute atomic E-state index is 13.1. The highest BCUT2D eigenvalue weighted by molar-refractivity contribution is 5.77. The smallest absolute Gasteiger partial charge is 0.416 e. The van der Waals surface area contributed by atoms with Gasteiger partial charge in [0.15, 0.2) is 0 Å². The van der Waals surface area contributed by atoms with Crippen LogP contribution in [0.15, 0.2) is 42.5 Å². The van der Waals surface area contributed by atoms with Crippen molar-refractivity contribution in [3.8, 4) is 11.1 Å². The summed E-state index contributed by atoms with van der Waals surface area (Å²) in [6, 6.07) is 11.1. The highest BCUT2D eigenvalue weighted by atomic mass is 19.4. The summed E-state index contributed by atoms with van der Waals surface area (Å²) in [4.78, 5) is 14.7. The number of rotatable bonds is 9. The van der Waals surface area contributed by atoms with E-state index < -0.39 is 23.6 Å². The average Bonchev–Trinajstić information content (AvgIpc) is 2.80. The molecule has 6 heteroatoms. The van der Waals surface area contributed by atoms with Gasteiger partial charge in [-0.3, -0.25) is 4.79 Å². The molecule has 0 aliphatic carbocycles. The minimum absolute atomic E-state index is 0.207. The quantitative estimate of drug-likeness (QED) is 0.390. The molecule has 1 saturated heterocycles. The molecule has 2 aromatic rings. The van der Waals surface area contributed by atoms with Crippen LogP contribution in [0.25, 0.3) is 11.1 Å². The average molecular weight is 490 g/mol. The highest BCUT2D eigenvalue weighted by Crippen LogP contribution is 2.37. The van der Waals surface area contributed by atoms with Gasteiger partial charge in [0.1, 0.15) is 0 Å². The van der Waals surface area contributed by atoms with E-state index in [4.69, 9.17) is 0 Å². The monoisotopic (exact) mass is 489 g/mol. The van der Waals surface area contributed by atoms with Crippen molar-refractivity contribution in [2.24, 2.45) is 11.8 Å². The largest absolute Gasteiger partial charge is 0.481 e. The Bertz CT molecular complexity index is 974. The zero-order valence-electron chi connectivity index (χ0n) is 21.2. The van der Waals surface area contributed by atoms with E-state index in [2.05, 4.69) is 24.8 Å². The van der Waals surface area contributed by atoms with Crippen molar-refractivity contribution in [1.29, 1.82) is 0 Å². The Kier molecular flexibility index (Phi) is 9.03. The molecule has 0 amide bonds. The van der Waals surface area contributed by atoms with Crippen LogP contribution in [-0.4, -0.2) is 35.6 Å². The van der Waals surface area contributed by atoms with Crippen LogP contribution in [0.5, 0.6) is 0 Å². The van der Waals surface area contributed by atoms with Crippen molar-refractivity contribution in [3.63, 3.8) is 0 Å². The van der Waals surface area contributed by atoms with Crippen LogP contribution in [0.4, 0.5) is 13.2 Å². The molecular weight excluding hydrogens is 451 g/mol. The summed E-state index contributed by atoms with van der Waals surface area (Å²) in [5.74, 6) is -0.318. The van der Waals surface area contributed by atoms with Gasteiger partial charge in [0, 0.05) is 0 Å². The lowest BCUT2D eigenvalue weighted by Crippen LogP contribution is -2.34. The Labute approximate surface area is 207 Å². The normalized spacial score (nSPS) is 16.7. The Morgan fingerprint density at radius 3 is 2.11 bits per heavy atom. The summed E-state index contributed by atoms with van der Waals surface area (Å²) in [7, 11) is 0. The van der Waals surface area contributed by atoms with Gasteiger partial charge in [-0.15, -0.1) is 0 Å². The maximum Gasteiger partial charge on any atom is 0.416 e. The van der Waals surface area contributed by atoms with Crippen LogP contribution in [0.1, 0.15) is 81.9 Å². The SMILES string of the molecule is CC(C)CCN1CCC(c2cc(-c3ccc(C(F)(F)F)cc3)cc(C(CC(C)C)C(=O)O)c2)CC1. The first-order valence-electron chi connectivity index (χ1n) is 12.7. The molecule has 1 aliphatic rings. The molecule has 0 spiro atoms. The first kappa shape index (κ1) is 27.3. The van der Waals surface area contributed by atoms with E-state index in [1.807, 2.05) is 26.0 Å². The van der Waals surface area contributed by atoms with E-state index in [1.165, 1.54) is 18.6 Å². The zero-order chi connectivity index (χ0) is 25.8. The molecule has 1 fully saturated rings. The minimum Gasteiger partial charge on any atom is -0.481 e. The van der Waals surface area contributed by atoms with Crippen LogP contribution < -0.4 is 0 Å². The van der Waals surface area contributed by atoms with Crippen LogP contribution in [0.3, 0.4) is 0 Å². The van der Waals surface area contributed by atoms with Crippen molar-refractivity contribution in [2.75, 3.05) is 19.6 Å². The van der Waals surface area contributed by atoms with Crippen LogP contribution in [0, 0.1) is 11.8 Å². The fourth-order valence-electron chi connectivity index (χ4n) is 4.91. The fraction of sp³-hybridized carbons (Fsp3) is 0.552. The Balaban J connectivity index is 1.94. The number of piperidine rings is 1. The summed E-state index contributed by atoms with van der Waals surface area (Å²) in [5.41, 5.74) is 2.60. The predicted molar refractivity (Wildman–Crippen MR) is 135 cm³/mol. The summed E-state index contributed by atoms with van der Waals surface area (Å²) >= 11 is 0. The van der Waals surface area contributed by atoms with Gasteiger partial charge in [-0.2, -0.15) is 13.2 Å². The molecule has 1 atom stereocenters. The number of alkyl halides is 3. The molecule has 192 valence electrons. The van der Waals surface area contributed by atoms with E-state index in [0.29, 0.717) is 23.8 Å².